The number of nitrogens with zero attached hydrogens (tertiary/aromatic N) is 2. The lowest BCUT2D eigenvalue weighted by Crippen LogP contribution is -2.39. The van der Waals surface area contributed by atoms with Crippen LogP contribution in [0, 0.1) is 0 Å². The zero-order valence-electron chi connectivity index (χ0n) is 14.5. The van der Waals surface area contributed by atoms with Crippen molar-refractivity contribution in [2.45, 2.75) is 37.9 Å². The maximum absolute atomic E-state index is 13.5. The molecule has 8 heteroatoms. The van der Waals surface area contributed by atoms with E-state index < -0.39 is 17.7 Å². The van der Waals surface area contributed by atoms with Gasteiger partial charge in [-0.05, 0) is 31.0 Å². The van der Waals surface area contributed by atoms with Gasteiger partial charge in [-0.2, -0.15) is 13.2 Å². The second kappa shape index (κ2) is 7.49. The molecule has 1 aromatic carbocycles. The normalized spacial score (nSPS) is 19.2. The first-order valence-corrected chi connectivity index (χ1v) is 8.62. The van der Waals surface area contributed by atoms with Gasteiger partial charge in [-0.1, -0.05) is 25.1 Å². The molecule has 1 aromatic heterocycles. The summed E-state index contributed by atoms with van der Waals surface area (Å²) in [5.41, 5.74) is 6.11. The van der Waals surface area contributed by atoms with Gasteiger partial charge < -0.3 is 16.4 Å². The predicted octanol–water partition coefficient (Wildman–Crippen LogP) is 3.39. The van der Waals surface area contributed by atoms with E-state index in [9.17, 15) is 13.2 Å². The van der Waals surface area contributed by atoms with Gasteiger partial charge in [-0.25, -0.2) is 9.97 Å². The minimum atomic E-state index is -4.53. The Hall–Kier alpha value is -2.35. The molecule has 1 aliphatic rings. The van der Waals surface area contributed by atoms with Gasteiger partial charge in [0.05, 0.1) is 11.3 Å². The number of aromatic nitrogens is 2. The molecule has 1 saturated heterocycles. The number of benzene rings is 1. The molecule has 2 aromatic rings. The Balaban J connectivity index is 1.96. The van der Waals surface area contributed by atoms with Gasteiger partial charge in [-0.15, -0.1) is 0 Å². The number of nitrogens with one attached hydrogen (secondary N) is 2. The second-order valence-electron chi connectivity index (χ2n) is 6.53. The van der Waals surface area contributed by atoms with Crippen LogP contribution in [0.3, 0.4) is 0 Å². The highest BCUT2D eigenvalue weighted by atomic mass is 19.4. The molecule has 2 atom stereocenters. The van der Waals surface area contributed by atoms with Crippen LogP contribution < -0.4 is 16.4 Å². The number of piperidine rings is 1. The number of hydrogen-bond donors (Lipinski definition) is 3. The highest BCUT2D eigenvalue weighted by molar-refractivity contribution is 5.52. The average Bonchev–Trinajstić information content (AvgIpc) is 2.61. The molecule has 0 aliphatic carbocycles. The fourth-order valence-corrected chi connectivity index (χ4v) is 3.22. The van der Waals surface area contributed by atoms with E-state index in [1.807, 2.05) is 0 Å². The third kappa shape index (κ3) is 4.07. The van der Waals surface area contributed by atoms with Gasteiger partial charge in [0, 0.05) is 30.4 Å². The van der Waals surface area contributed by atoms with Crippen molar-refractivity contribution in [1.82, 2.24) is 15.3 Å². The van der Waals surface area contributed by atoms with Crippen LogP contribution in [0.1, 0.15) is 42.5 Å². The Morgan fingerprint density at radius 3 is 2.73 bits per heavy atom. The predicted molar refractivity (Wildman–Crippen MR) is 94.9 cm³/mol. The van der Waals surface area contributed by atoms with Crippen molar-refractivity contribution < 1.29 is 13.2 Å². The Morgan fingerprint density at radius 2 is 2.08 bits per heavy atom. The molecule has 5 nitrogen and oxygen atoms in total. The first-order chi connectivity index (χ1) is 12.4. The van der Waals surface area contributed by atoms with Crippen LogP contribution in [0.15, 0.2) is 30.5 Å². The highest BCUT2D eigenvalue weighted by Gasteiger charge is 2.37. The van der Waals surface area contributed by atoms with Crippen molar-refractivity contribution in [2.24, 2.45) is 0 Å². The van der Waals surface area contributed by atoms with Crippen LogP contribution >= 0.6 is 0 Å². The Labute approximate surface area is 150 Å². The Kier molecular flexibility index (Phi) is 5.31. The van der Waals surface area contributed by atoms with E-state index in [1.165, 1.54) is 0 Å². The zero-order valence-corrected chi connectivity index (χ0v) is 14.5. The van der Waals surface area contributed by atoms with E-state index in [-0.39, 0.29) is 17.7 Å². The summed E-state index contributed by atoms with van der Waals surface area (Å²) in [4.78, 5) is 8.12. The third-order valence-electron chi connectivity index (χ3n) is 4.63. The van der Waals surface area contributed by atoms with Crippen LogP contribution in [0.25, 0.3) is 0 Å². The largest absolute Gasteiger partial charge is 0.419 e. The standard InChI is InChI=1S/C18H22F3N5/c1-11(13-6-2-3-7-15(13)22)16-14(18(19,20)21)10-24-17(26-16)25-12-5-4-8-23-9-12/h2-3,6-7,10-12,23H,4-5,8-9,22H2,1H3,(H,24,25,26)/t11-,12-/m0/s1. The van der Waals surface area contributed by atoms with Crippen LogP contribution in [0.2, 0.25) is 0 Å². The molecule has 0 bridgehead atoms. The van der Waals surface area contributed by atoms with E-state index in [4.69, 9.17) is 5.73 Å². The minimum absolute atomic E-state index is 0.0725. The number of para-hydroxylation sites is 1. The summed E-state index contributed by atoms with van der Waals surface area (Å²) < 4.78 is 40.4. The topological polar surface area (TPSA) is 75.9 Å². The van der Waals surface area contributed by atoms with Crippen LogP contribution in [0.4, 0.5) is 24.8 Å². The van der Waals surface area contributed by atoms with Gasteiger partial charge in [0.25, 0.3) is 0 Å². The van der Waals surface area contributed by atoms with Gasteiger partial charge in [0.2, 0.25) is 5.95 Å². The number of halogens is 3. The molecule has 0 amide bonds. The van der Waals surface area contributed by atoms with Crippen molar-refractivity contribution in [3.63, 3.8) is 0 Å². The maximum atomic E-state index is 13.5. The summed E-state index contributed by atoms with van der Waals surface area (Å²) in [5.74, 6) is -0.399. The van der Waals surface area contributed by atoms with Gasteiger partial charge >= 0.3 is 6.18 Å². The molecule has 3 rings (SSSR count). The fourth-order valence-electron chi connectivity index (χ4n) is 3.22. The smallest absolute Gasteiger partial charge is 0.398 e. The monoisotopic (exact) mass is 365 g/mol. The van der Waals surface area contributed by atoms with E-state index in [1.54, 1.807) is 31.2 Å². The second-order valence-corrected chi connectivity index (χ2v) is 6.53. The summed E-state index contributed by atoms with van der Waals surface area (Å²) in [6.45, 7) is 3.36. The van der Waals surface area contributed by atoms with Crippen molar-refractivity contribution in [3.05, 3.63) is 47.3 Å². The van der Waals surface area contributed by atoms with Crippen LogP contribution in [-0.2, 0) is 6.18 Å². The third-order valence-corrected chi connectivity index (χ3v) is 4.63. The SMILES string of the molecule is C[C@@H](c1ccccc1N)c1nc(N[C@H]2CCCNC2)ncc1C(F)(F)F. The van der Waals surface area contributed by atoms with Crippen molar-refractivity contribution >= 4 is 11.6 Å². The first-order valence-electron chi connectivity index (χ1n) is 8.62. The highest BCUT2D eigenvalue weighted by Crippen LogP contribution is 2.37. The molecule has 0 saturated carbocycles. The number of anilines is 2. The summed E-state index contributed by atoms with van der Waals surface area (Å²) in [5, 5.41) is 6.38. The van der Waals surface area contributed by atoms with Gasteiger partial charge in [0.1, 0.15) is 0 Å². The molecule has 2 heterocycles. The summed E-state index contributed by atoms with van der Waals surface area (Å²) in [6.07, 6.45) is -1.75. The molecule has 0 unspecified atom stereocenters. The van der Waals surface area contributed by atoms with Gasteiger partial charge in [-0.3, -0.25) is 0 Å². The summed E-state index contributed by atoms with van der Waals surface area (Å²) in [6, 6.07) is 7.00. The molecule has 26 heavy (non-hydrogen) atoms. The number of rotatable bonds is 4. The van der Waals surface area contributed by atoms with E-state index in [0.29, 0.717) is 11.3 Å². The lowest BCUT2D eigenvalue weighted by atomic mass is 9.93. The number of nitrogen functional groups attached to an aromatic ring is 1. The number of hydrogen-bond acceptors (Lipinski definition) is 5. The molecule has 0 radical (unpaired) electrons. The molecule has 1 fully saturated rings. The lowest BCUT2D eigenvalue weighted by Gasteiger charge is -2.25. The average molecular weight is 365 g/mol. The van der Waals surface area contributed by atoms with Crippen molar-refractivity contribution in [1.29, 1.82) is 0 Å². The molecule has 140 valence electrons. The fraction of sp³-hybridized carbons (Fsp3) is 0.444. The molecule has 1 aliphatic heterocycles. The van der Waals surface area contributed by atoms with Crippen molar-refractivity contribution in [2.75, 3.05) is 24.1 Å². The van der Waals surface area contributed by atoms with E-state index in [0.717, 1.165) is 32.1 Å². The summed E-state index contributed by atoms with van der Waals surface area (Å²) in [7, 11) is 0. The van der Waals surface area contributed by atoms with Crippen LogP contribution in [-0.4, -0.2) is 29.1 Å². The summed E-state index contributed by atoms with van der Waals surface area (Å²) >= 11 is 0. The zero-order chi connectivity index (χ0) is 18.7. The van der Waals surface area contributed by atoms with Gasteiger partial charge in [0.15, 0.2) is 0 Å². The Morgan fingerprint density at radius 1 is 1.31 bits per heavy atom. The first kappa shape index (κ1) is 18.4. The Bertz CT molecular complexity index is 757. The van der Waals surface area contributed by atoms with E-state index >= 15 is 0 Å². The van der Waals surface area contributed by atoms with Crippen LogP contribution in [0.5, 0.6) is 0 Å². The minimum Gasteiger partial charge on any atom is -0.398 e. The van der Waals surface area contributed by atoms with E-state index in [2.05, 4.69) is 20.6 Å². The number of nitrogens with two attached hydrogens (primary N) is 1. The quantitative estimate of drug-likeness (QED) is 0.724. The van der Waals surface area contributed by atoms with Crippen molar-refractivity contribution in [3.8, 4) is 0 Å². The molecular formula is C18H22F3N5. The lowest BCUT2D eigenvalue weighted by molar-refractivity contribution is -0.138. The maximum Gasteiger partial charge on any atom is 0.419 e. The molecule has 4 N–H and O–H groups in total. The number of alkyl halides is 3. The molecule has 0 spiro atoms. The molecular weight excluding hydrogens is 343 g/mol.